The van der Waals surface area contributed by atoms with Gasteiger partial charge in [0.1, 0.15) is 4.90 Å². The first-order valence-corrected chi connectivity index (χ1v) is 7.95. The molecule has 0 aliphatic rings. The van der Waals surface area contributed by atoms with Crippen molar-refractivity contribution in [3.8, 4) is 0 Å². The fourth-order valence-electron chi connectivity index (χ4n) is 2.43. The smallest absolute Gasteiger partial charge is 1.00 e. The molecular formula is C17H15NaO3S. The third kappa shape index (κ3) is 3.12. The SMILES string of the molecule is C=CCOS(=O)(=O)c1cccc2c1ccc1ccccc12.[H-].[Na+]. The monoisotopic (exact) mass is 322 g/mol. The van der Waals surface area contributed by atoms with E-state index in [1.165, 1.54) is 6.08 Å². The van der Waals surface area contributed by atoms with E-state index in [2.05, 4.69) is 6.58 Å². The van der Waals surface area contributed by atoms with E-state index < -0.39 is 10.1 Å². The standard InChI is InChI=1S/C17H14O3S.Na.H/c1-2-12-20-21(18,19)17-9-5-8-15-14-7-4-3-6-13(14)10-11-16(15)17;;/h2-11H,1,12H2;;/q;+1;-1. The van der Waals surface area contributed by atoms with Gasteiger partial charge in [-0.25, -0.2) is 0 Å². The Bertz CT molecular complexity index is 939. The summed E-state index contributed by atoms with van der Waals surface area (Å²) in [7, 11) is -3.79. The topological polar surface area (TPSA) is 43.4 Å². The van der Waals surface area contributed by atoms with Gasteiger partial charge in [0, 0.05) is 5.39 Å². The van der Waals surface area contributed by atoms with Gasteiger partial charge in [-0.15, -0.1) is 6.58 Å². The summed E-state index contributed by atoms with van der Waals surface area (Å²) >= 11 is 0. The zero-order valence-electron chi connectivity index (χ0n) is 13.3. The Morgan fingerprint density at radius 3 is 2.45 bits per heavy atom. The molecule has 108 valence electrons. The van der Waals surface area contributed by atoms with Crippen LogP contribution in [-0.2, 0) is 14.3 Å². The van der Waals surface area contributed by atoms with Gasteiger partial charge in [-0.05, 0) is 22.2 Å². The zero-order valence-corrected chi connectivity index (χ0v) is 15.1. The third-order valence-corrected chi connectivity index (χ3v) is 4.70. The van der Waals surface area contributed by atoms with E-state index in [9.17, 15) is 8.42 Å². The van der Waals surface area contributed by atoms with Gasteiger partial charge in [0.25, 0.3) is 10.1 Å². The van der Waals surface area contributed by atoms with Crippen LogP contribution in [0.5, 0.6) is 0 Å². The minimum absolute atomic E-state index is 0. The fourth-order valence-corrected chi connectivity index (χ4v) is 3.53. The average molecular weight is 322 g/mol. The summed E-state index contributed by atoms with van der Waals surface area (Å²) in [6.07, 6.45) is 1.41. The Hall–Kier alpha value is -1.17. The van der Waals surface area contributed by atoms with Gasteiger partial charge in [-0.1, -0.05) is 54.6 Å². The van der Waals surface area contributed by atoms with Gasteiger partial charge in [-0.2, -0.15) is 8.42 Å². The van der Waals surface area contributed by atoms with E-state index >= 15 is 0 Å². The van der Waals surface area contributed by atoms with E-state index in [0.29, 0.717) is 5.39 Å². The molecule has 0 amide bonds. The second kappa shape index (κ2) is 6.94. The molecule has 3 aromatic carbocycles. The molecule has 0 aromatic heterocycles. The summed E-state index contributed by atoms with van der Waals surface area (Å²) in [4.78, 5) is 0.188. The van der Waals surface area contributed by atoms with Crippen LogP contribution in [0.15, 0.2) is 72.1 Å². The van der Waals surface area contributed by atoms with E-state index in [1.807, 2.05) is 42.5 Å². The molecule has 0 aliphatic heterocycles. The van der Waals surface area contributed by atoms with Crippen molar-refractivity contribution in [3.05, 3.63) is 67.3 Å². The maximum Gasteiger partial charge on any atom is 1.00 e. The minimum Gasteiger partial charge on any atom is -1.00 e. The second-order valence-corrected chi connectivity index (χ2v) is 6.25. The van der Waals surface area contributed by atoms with Crippen LogP contribution >= 0.6 is 0 Å². The number of fused-ring (bicyclic) bond motifs is 3. The van der Waals surface area contributed by atoms with Crippen molar-refractivity contribution in [3.63, 3.8) is 0 Å². The van der Waals surface area contributed by atoms with Crippen LogP contribution in [0.1, 0.15) is 1.43 Å². The molecule has 0 fully saturated rings. The predicted octanol–water partition coefficient (Wildman–Crippen LogP) is 1.00. The van der Waals surface area contributed by atoms with Crippen LogP contribution in [0, 0.1) is 0 Å². The maximum atomic E-state index is 12.3. The number of benzene rings is 3. The molecule has 0 N–H and O–H groups in total. The number of hydrogen-bond acceptors (Lipinski definition) is 3. The average Bonchev–Trinajstić information content (AvgIpc) is 2.52. The molecule has 0 atom stereocenters. The fraction of sp³-hybridized carbons (Fsp3) is 0.0588. The predicted molar refractivity (Wildman–Crippen MR) is 85.9 cm³/mol. The van der Waals surface area contributed by atoms with E-state index in [4.69, 9.17) is 4.18 Å². The van der Waals surface area contributed by atoms with Gasteiger partial charge in [0.05, 0.1) is 6.61 Å². The van der Waals surface area contributed by atoms with Crippen molar-refractivity contribution in [1.29, 1.82) is 0 Å². The number of rotatable bonds is 4. The summed E-state index contributed by atoms with van der Waals surface area (Å²) < 4.78 is 29.5. The molecular weight excluding hydrogens is 307 g/mol. The van der Waals surface area contributed by atoms with Crippen LogP contribution in [0.3, 0.4) is 0 Å². The van der Waals surface area contributed by atoms with Crippen molar-refractivity contribution in [2.24, 2.45) is 0 Å². The molecule has 0 saturated heterocycles. The first kappa shape index (κ1) is 17.2. The Balaban J connectivity index is 0.00000132. The molecule has 0 aliphatic carbocycles. The minimum atomic E-state index is -3.79. The largest absolute Gasteiger partial charge is 1.00 e. The molecule has 3 nitrogen and oxygen atoms in total. The molecule has 3 rings (SSSR count). The quantitative estimate of drug-likeness (QED) is 0.311. The summed E-state index contributed by atoms with van der Waals surface area (Å²) in [5.74, 6) is 0. The van der Waals surface area contributed by atoms with E-state index in [-0.39, 0.29) is 42.5 Å². The normalized spacial score (nSPS) is 11.3. The third-order valence-electron chi connectivity index (χ3n) is 3.36. The summed E-state index contributed by atoms with van der Waals surface area (Å²) in [6, 6.07) is 16.9. The molecule has 0 bridgehead atoms. The van der Waals surface area contributed by atoms with Crippen LogP contribution in [0.4, 0.5) is 0 Å². The van der Waals surface area contributed by atoms with E-state index in [1.54, 1.807) is 12.1 Å². The van der Waals surface area contributed by atoms with Crippen LogP contribution in [-0.4, -0.2) is 15.0 Å². The molecule has 0 heterocycles. The summed E-state index contributed by atoms with van der Waals surface area (Å²) in [5, 5.41) is 3.67. The van der Waals surface area contributed by atoms with Crippen molar-refractivity contribution in [2.75, 3.05) is 6.61 Å². The molecule has 0 saturated carbocycles. The Kier molecular flexibility index (Phi) is 5.42. The first-order chi connectivity index (χ1) is 10.1. The Morgan fingerprint density at radius 2 is 1.68 bits per heavy atom. The molecule has 0 unspecified atom stereocenters. The Labute approximate surface area is 153 Å². The van der Waals surface area contributed by atoms with Crippen LogP contribution < -0.4 is 29.6 Å². The molecule has 0 spiro atoms. The van der Waals surface area contributed by atoms with Crippen molar-refractivity contribution < 1.29 is 43.6 Å². The Morgan fingerprint density at radius 1 is 0.955 bits per heavy atom. The summed E-state index contributed by atoms with van der Waals surface area (Å²) in [6.45, 7) is 3.44. The van der Waals surface area contributed by atoms with Gasteiger partial charge < -0.3 is 1.43 Å². The second-order valence-electron chi connectivity index (χ2n) is 4.67. The maximum absolute atomic E-state index is 12.3. The van der Waals surface area contributed by atoms with Gasteiger partial charge in [0.2, 0.25) is 0 Å². The number of hydrogen-bond donors (Lipinski definition) is 0. The van der Waals surface area contributed by atoms with Crippen LogP contribution in [0.2, 0.25) is 0 Å². The van der Waals surface area contributed by atoms with Crippen LogP contribution in [0.25, 0.3) is 21.5 Å². The van der Waals surface area contributed by atoms with Crippen molar-refractivity contribution >= 4 is 31.7 Å². The molecule has 5 heteroatoms. The van der Waals surface area contributed by atoms with E-state index in [0.717, 1.165) is 16.2 Å². The molecule has 0 radical (unpaired) electrons. The van der Waals surface area contributed by atoms with Gasteiger partial charge in [0.15, 0.2) is 0 Å². The molecule has 3 aromatic rings. The zero-order chi connectivity index (χ0) is 14.9. The van der Waals surface area contributed by atoms with Crippen molar-refractivity contribution in [1.82, 2.24) is 0 Å². The van der Waals surface area contributed by atoms with Gasteiger partial charge >= 0.3 is 29.6 Å². The van der Waals surface area contributed by atoms with Crippen molar-refractivity contribution in [2.45, 2.75) is 4.90 Å². The molecule has 22 heavy (non-hydrogen) atoms. The van der Waals surface area contributed by atoms with Gasteiger partial charge in [-0.3, -0.25) is 4.18 Å². The summed E-state index contributed by atoms with van der Waals surface area (Å²) in [5.41, 5.74) is 0. The first-order valence-electron chi connectivity index (χ1n) is 6.54.